The fraction of sp³-hybridized carbons (Fsp3) is 0.154. The van der Waals surface area contributed by atoms with Crippen LogP contribution in [0.25, 0.3) is 32.3 Å². The molecule has 0 aliphatic rings. The molecule has 0 radical (unpaired) electrons. The SMILES string of the molecule is CC(C)(C)c1ccc2ccc3c(N(n4ccnc4)n4ccnc4)ccc4ccc1c2c43. The summed E-state index contributed by atoms with van der Waals surface area (Å²) in [7, 11) is 0. The molecule has 2 heterocycles. The number of nitrogens with zero attached hydrogens (tertiary/aromatic N) is 5. The molecule has 0 aliphatic carbocycles. The second-order valence-corrected chi connectivity index (χ2v) is 9.05. The molecule has 0 bridgehead atoms. The van der Waals surface area contributed by atoms with E-state index in [2.05, 4.69) is 84.4 Å². The fourth-order valence-electron chi connectivity index (χ4n) is 4.71. The summed E-state index contributed by atoms with van der Waals surface area (Å²) in [5.74, 6) is 0. The van der Waals surface area contributed by atoms with E-state index in [0.29, 0.717) is 0 Å². The number of anilines is 1. The summed E-state index contributed by atoms with van der Waals surface area (Å²) in [6.07, 6.45) is 11.1. The van der Waals surface area contributed by atoms with Gasteiger partial charge in [-0.3, -0.25) is 0 Å². The highest BCUT2D eigenvalue weighted by Gasteiger charge is 2.21. The van der Waals surface area contributed by atoms with E-state index < -0.39 is 0 Å². The summed E-state index contributed by atoms with van der Waals surface area (Å²) in [5.41, 5.74) is 2.52. The first-order valence-electron chi connectivity index (χ1n) is 10.5. The van der Waals surface area contributed by atoms with E-state index in [1.54, 1.807) is 25.0 Å². The first kappa shape index (κ1) is 18.0. The Morgan fingerprint density at radius 3 is 1.81 bits per heavy atom. The molecular weight excluding hydrogens is 382 g/mol. The van der Waals surface area contributed by atoms with Gasteiger partial charge in [-0.2, -0.15) is 5.12 Å². The van der Waals surface area contributed by atoms with E-state index >= 15 is 0 Å². The van der Waals surface area contributed by atoms with Crippen molar-refractivity contribution in [3.05, 3.63) is 91.5 Å². The van der Waals surface area contributed by atoms with Crippen LogP contribution in [0.3, 0.4) is 0 Å². The summed E-state index contributed by atoms with van der Waals surface area (Å²) in [6, 6.07) is 17.9. The second-order valence-electron chi connectivity index (χ2n) is 9.05. The lowest BCUT2D eigenvalue weighted by Gasteiger charge is -2.28. The van der Waals surface area contributed by atoms with Gasteiger partial charge in [0.2, 0.25) is 0 Å². The van der Waals surface area contributed by atoms with Gasteiger partial charge in [0, 0.05) is 30.2 Å². The van der Waals surface area contributed by atoms with Gasteiger partial charge in [0.05, 0.1) is 5.69 Å². The molecular formula is C26H23N5. The van der Waals surface area contributed by atoms with Crippen LogP contribution in [0.4, 0.5) is 5.69 Å². The van der Waals surface area contributed by atoms with Gasteiger partial charge in [0.1, 0.15) is 12.7 Å². The maximum absolute atomic E-state index is 4.27. The van der Waals surface area contributed by atoms with E-state index in [-0.39, 0.29) is 5.41 Å². The zero-order valence-electron chi connectivity index (χ0n) is 17.8. The van der Waals surface area contributed by atoms with Crippen LogP contribution in [0.1, 0.15) is 26.3 Å². The van der Waals surface area contributed by atoms with Crippen LogP contribution < -0.4 is 5.12 Å². The molecule has 2 aromatic heterocycles. The van der Waals surface area contributed by atoms with E-state index in [9.17, 15) is 0 Å². The average Bonchev–Trinajstić information content (AvgIpc) is 3.47. The molecule has 0 fully saturated rings. The van der Waals surface area contributed by atoms with Gasteiger partial charge < -0.3 is 0 Å². The van der Waals surface area contributed by atoms with Crippen molar-refractivity contribution in [2.24, 2.45) is 0 Å². The van der Waals surface area contributed by atoms with E-state index in [0.717, 1.165) is 5.69 Å². The molecule has 4 aromatic carbocycles. The Morgan fingerprint density at radius 1 is 0.677 bits per heavy atom. The number of hydrogen-bond donors (Lipinski definition) is 0. The number of hydrogen-bond acceptors (Lipinski definition) is 3. The zero-order valence-corrected chi connectivity index (χ0v) is 17.8. The third-order valence-corrected chi connectivity index (χ3v) is 6.08. The molecule has 31 heavy (non-hydrogen) atoms. The lowest BCUT2D eigenvalue weighted by Crippen LogP contribution is -2.33. The molecule has 152 valence electrons. The Bertz CT molecular complexity index is 1470. The molecule has 0 spiro atoms. The lowest BCUT2D eigenvalue weighted by atomic mass is 9.81. The minimum absolute atomic E-state index is 0.0742. The van der Waals surface area contributed by atoms with Crippen molar-refractivity contribution in [2.75, 3.05) is 5.12 Å². The van der Waals surface area contributed by atoms with Crippen molar-refractivity contribution < 1.29 is 0 Å². The van der Waals surface area contributed by atoms with Crippen LogP contribution in [0.15, 0.2) is 86.0 Å². The Hall–Kier alpha value is -3.86. The molecule has 0 N–H and O–H groups in total. The maximum Gasteiger partial charge on any atom is 0.116 e. The molecule has 5 heteroatoms. The van der Waals surface area contributed by atoms with Crippen LogP contribution in [0.2, 0.25) is 0 Å². The van der Waals surface area contributed by atoms with E-state index in [1.165, 1.54) is 37.9 Å². The van der Waals surface area contributed by atoms with Gasteiger partial charge in [-0.25, -0.2) is 19.3 Å². The summed E-state index contributed by atoms with van der Waals surface area (Å²) < 4.78 is 3.93. The Balaban J connectivity index is 1.73. The van der Waals surface area contributed by atoms with Crippen LogP contribution in [-0.2, 0) is 5.41 Å². The fourth-order valence-corrected chi connectivity index (χ4v) is 4.71. The highest BCUT2D eigenvalue weighted by atomic mass is 15.8. The minimum atomic E-state index is 0.0742. The van der Waals surface area contributed by atoms with Gasteiger partial charge in [0.15, 0.2) is 0 Å². The largest absolute Gasteiger partial charge is 0.243 e. The molecule has 6 aromatic rings. The van der Waals surface area contributed by atoms with Crippen LogP contribution in [0, 0.1) is 0 Å². The normalized spacial score (nSPS) is 12.4. The topological polar surface area (TPSA) is 38.9 Å². The van der Waals surface area contributed by atoms with E-state index in [1.807, 2.05) is 21.7 Å². The molecule has 0 unspecified atom stereocenters. The first-order valence-corrected chi connectivity index (χ1v) is 10.5. The predicted octanol–water partition coefficient (Wildman–Crippen LogP) is 6.01. The summed E-state index contributed by atoms with van der Waals surface area (Å²) >= 11 is 0. The highest BCUT2D eigenvalue weighted by molar-refractivity contribution is 6.25. The second kappa shape index (κ2) is 6.32. The van der Waals surface area contributed by atoms with Crippen molar-refractivity contribution in [3.8, 4) is 0 Å². The smallest absolute Gasteiger partial charge is 0.116 e. The van der Waals surface area contributed by atoms with Crippen molar-refractivity contribution in [1.82, 2.24) is 19.3 Å². The molecule has 0 atom stereocenters. The standard InChI is InChI=1S/C26H23N5/c1-26(2,3)22-10-6-18-5-9-21-23(11-7-19-4-8-20(22)24(18)25(19)21)31(29-14-12-27-16-29)30-15-13-28-17-30/h4-17H,1-3H3. The molecule has 0 saturated carbocycles. The van der Waals surface area contributed by atoms with Crippen LogP contribution >= 0.6 is 0 Å². The highest BCUT2D eigenvalue weighted by Crippen LogP contribution is 2.42. The van der Waals surface area contributed by atoms with Crippen molar-refractivity contribution in [3.63, 3.8) is 0 Å². The molecule has 0 saturated heterocycles. The molecule has 6 rings (SSSR count). The number of imidazole rings is 2. The summed E-state index contributed by atoms with van der Waals surface area (Å²) in [6.45, 7) is 6.85. The Labute approximate surface area is 180 Å². The van der Waals surface area contributed by atoms with Crippen molar-refractivity contribution in [1.29, 1.82) is 0 Å². The van der Waals surface area contributed by atoms with Crippen LogP contribution in [-0.4, -0.2) is 19.3 Å². The van der Waals surface area contributed by atoms with Gasteiger partial charge in [-0.1, -0.05) is 63.2 Å². The third-order valence-electron chi connectivity index (χ3n) is 6.08. The average molecular weight is 406 g/mol. The predicted molar refractivity (Wildman–Crippen MR) is 127 cm³/mol. The van der Waals surface area contributed by atoms with E-state index in [4.69, 9.17) is 0 Å². The lowest BCUT2D eigenvalue weighted by molar-refractivity contribution is 0.596. The Kier molecular flexibility index (Phi) is 3.66. The monoisotopic (exact) mass is 405 g/mol. The van der Waals surface area contributed by atoms with Crippen LogP contribution in [0.5, 0.6) is 0 Å². The summed E-state index contributed by atoms with van der Waals surface area (Å²) in [5, 5.41) is 9.76. The Morgan fingerprint density at radius 2 is 1.23 bits per heavy atom. The maximum atomic E-state index is 4.27. The van der Waals surface area contributed by atoms with Crippen molar-refractivity contribution >= 4 is 38.0 Å². The van der Waals surface area contributed by atoms with Gasteiger partial charge >= 0.3 is 0 Å². The molecule has 0 amide bonds. The number of benzene rings is 4. The van der Waals surface area contributed by atoms with Gasteiger partial charge in [0.25, 0.3) is 0 Å². The quantitative estimate of drug-likeness (QED) is 0.339. The molecule has 0 aliphatic heterocycles. The minimum Gasteiger partial charge on any atom is -0.243 e. The number of aromatic nitrogens is 4. The molecule has 5 nitrogen and oxygen atoms in total. The third kappa shape index (κ3) is 2.63. The number of rotatable bonds is 3. The van der Waals surface area contributed by atoms with Gasteiger partial charge in [-0.15, -0.1) is 0 Å². The van der Waals surface area contributed by atoms with Crippen molar-refractivity contribution in [2.45, 2.75) is 26.2 Å². The van der Waals surface area contributed by atoms with Gasteiger partial charge in [-0.05, 0) is 44.0 Å². The first-order chi connectivity index (χ1) is 15.0. The summed E-state index contributed by atoms with van der Waals surface area (Å²) in [4.78, 5) is 8.53. The zero-order chi connectivity index (χ0) is 21.2.